The fourth-order valence-electron chi connectivity index (χ4n) is 2.69. The molecule has 0 spiro atoms. The first-order chi connectivity index (χ1) is 10.0. The Morgan fingerprint density at radius 2 is 2.05 bits per heavy atom. The summed E-state index contributed by atoms with van der Waals surface area (Å²) in [6, 6.07) is 6.01. The molecule has 0 radical (unpaired) electrons. The zero-order valence-corrected chi connectivity index (χ0v) is 13.6. The van der Waals surface area contributed by atoms with E-state index in [2.05, 4.69) is 29.7 Å². The number of rotatable bonds is 5. The van der Waals surface area contributed by atoms with Crippen molar-refractivity contribution in [3.63, 3.8) is 0 Å². The van der Waals surface area contributed by atoms with Gasteiger partial charge in [0.1, 0.15) is 0 Å². The van der Waals surface area contributed by atoms with E-state index < -0.39 is 5.60 Å². The molecule has 0 saturated heterocycles. The van der Waals surface area contributed by atoms with Crippen molar-refractivity contribution in [3.05, 3.63) is 29.3 Å². The van der Waals surface area contributed by atoms with Gasteiger partial charge in [0.15, 0.2) is 0 Å². The number of aliphatic hydroxyl groups is 1. The van der Waals surface area contributed by atoms with Crippen molar-refractivity contribution in [1.82, 2.24) is 10.6 Å². The summed E-state index contributed by atoms with van der Waals surface area (Å²) in [6.45, 7) is 2.90. The molecule has 4 nitrogen and oxygen atoms in total. The molecule has 0 atom stereocenters. The highest BCUT2D eigenvalue weighted by molar-refractivity contribution is 7.98. The molecule has 5 heteroatoms. The molecule has 0 heterocycles. The van der Waals surface area contributed by atoms with Gasteiger partial charge < -0.3 is 15.7 Å². The van der Waals surface area contributed by atoms with Crippen LogP contribution in [0.15, 0.2) is 23.1 Å². The Bertz CT molecular complexity index is 499. The van der Waals surface area contributed by atoms with Crippen LogP contribution in [0, 0.1) is 6.92 Å². The lowest BCUT2D eigenvalue weighted by Crippen LogP contribution is -2.44. The van der Waals surface area contributed by atoms with E-state index in [-0.39, 0.29) is 6.03 Å². The molecular weight excluding hydrogens is 284 g/mol. The van der Waals surface area contributed by atoms with Gasteiger partial charge in [-0.3, -0.25) is 0 Å². The Morgan fingerprint density at radius 1 is 1.33 bits per heavy atom. The summed E-state index contributed by atoms with van der Waals surface area (Å²) in [5.41, 5.74) is 1.63. The Labute approximate surface area is 130 Å². The molecule has 0 aromatic heterocycles. The SMILES string of the molecule is CSc1cc(C)ccc1CNC(=O)NCC1(O)CCCC1. The molecule has 2 amide bonds. The molecule has 2 rings (SSSR count). The fourth-order valence-corrected chi connectivity index (χ4v) is 3.40. The number of hydrogen-bond acceptors (Lipinski definition) is 3. The molecular formula is C16H24N2O2S. The van der Waals surface area contributed by atoms with Gasteiger partial charge in [-0.15, -0.1) is 11.8 Å². The Balaban J connectivity index is 1.81. The fraction of sp³-hybridized carbons (Fsp3) is 0.562. The lowest BCUT2D eigenvalue weighted by molar-refractivity contribution is 0.0501. The van der Waals surface area contributed by atoms with E-state index in [1.807, 2.05) is 12.3 Å². The lowest BCUT2D eigenvalue weighted by atomic mass is 10.0. The third kappa shape index (κ3) is 4.64. The van der Waals surface area contributed by atoms with E-state index in [0.717, 1.165) is 31.2 Å². The summed E-state index contributed by atoms with van der Waals surface area (Å²) in [5, 5.41) is 15.8. The second-order valence-corrected chi connectivity index (χ2v) is 6.63. The maximum absolute atomic E-state index is 11.8. The molecule has 1 aliphatic rings. The smallest absolute Gasteiger partial charge is 0.315 e. The standard InChI is InChI=1S/C16H24N2O2S/c1-12-5-6-13(14(9-12)21-2)10-17-15(19)18-11-16(20)7-3-4-8-16/h5-6,9,20H,3-4,7-8,10-11H2,1-2H3,(H2,17,18,19). The van der Waals surface area contributed by atoms with E-state index in [4.69, 9.17) is 0 Å². The first-order valence-electron chi connectivity index (χ1n) is 7.40. The molecule has 1 aromatic carbocycles. The van der Waals surface area contributed by atoms with Crippen molar-refractivity contribution in [2.45, 2.75) is 49.6 Å². The van der Waals surface area contributed by atoms with Crippen LogP contribution in [0.3, 0.4) is 0 Å². The van der Waals surface area contributed by atoms with Crippen LogP contribution in [0.2, 0.25) is 0 Å². The minimum atomic E-state index is -0.703. The Hall–Kier alpha value is -1.20. The Kier molecular flexibility index (Phi) is 5.53. The zero-order valence-electron chi connectivity index (χ0n) is 12.7. The number of carbonyl (C=O) groups is 1. The van der Waals surface area contributed by atoms with Crippen molar-refractivity contribution < 1.29 is 9.90 Å². The van der Waals surface area contributed by atoms with Crippen molar-refractivity contribution in [1.29, 1.82) is 0 Å². The molecule has 0 unspecified atom stereocenters. The number of urea groups is 1. The van der Waals surface area contributed by atoms with E-state index in [0.29, 0.717) is 13.1 Å². The Morgan fingerprint density at radius 3 is 2.71 bits per heavy atom. The second kappa shape index (κ2) is 7.18. The second-order valence-electron chi connectivity index (χ2n) is 5.78. The quantitative estimate of drug-likeness (QED) is 0.733. The number of amides is 2. The molecule has 1 aromatic rings. The van der Waals surface area contributed by atoms with Crippen LogP contribution in [0.25, 0.3) is 0 Å². The summed E-state index contributed by atoms with van der Waals surface area (Å²) in [7, 11) is 0. The summed E-state index contributed by atoms with van der Waals surface area (Å²) in [4.78, 5) is 13.0. The van der Waals surface area contributed by atoms with E-state index >= 15 is 0 Å². The van der Waals surface area contributed by atoms with Gasteiger partial charge >= 0.3 is 6.03 Å². The molecule has 0 bridgehead atoms. The third-order valence-corrected chi connectivity index (χ3v) is 4.81. The number of carbonyl (C=O) groups excluding carboxylic acids is 1. The minimum absolute atomic E-state index is 0.219. The van der Waals surface area contributed by atoms with Crippen molar-refractivity contribution in [2.75, 3.05) is 12.8 Å². The van der Waals surface area contributed by atoms with Gasteiger partial charge in [0.05, 0.1) is 5.60 Å². The number of thioether (sulfide) groups is 1. The minimum Gasteiger partial charge on any atom is -0.388 e. The highest BCUT2D eigenvalue weighted by atomic mass is 32.2. The van der Waals surface area contributed by atoms with Crippen LogP contribution in [-0.2, 0) is 6.54 Å². The number of benzene rings is 1. The van der Waals surface area contributed by atoms with Gasteiger partial charge in [0.2, 0.25) is 0 Å². The van der Waals surface area contributed by atoms with Crippen molar-refractivity contribution in [2.24, 2.45) is 0 Å². The van der Waals surface area contributed by atoms with Crippen molar-refractivity contribution >= 4 is 17.8 Å². The van der Waals surface area contributed by atoms with Crippen LogP contribution < -0.4 is 10.6 Å². The molecule has 1 aliphatic carbocycles. The van der Waals surface area contributed by atoms with Gasteiger partial charge in [-0.05, 0) is 43.2 Å². The largest absolute Gasteiger partial charge is 0.388 e. The molecule has 1 saturated carbocycles. The zero-order chi connectivity index (χ0) is 15.3. The monoisotopic (exact) mass is 308 g/mol. The normalized spacial score (nSPS) is 16.7. The topological polar surface area (TPSA) is 61.4 Å². The van der Waals surface area contributed by atoms with Crippen LogP contribution in [-0.4, -0.2) is 29.5 Å². The first-order valence-corrected chi connectivity index (χ1v) is 8.62. The highest BCUT2D eigenvalue weighted by Crippen LogP contribution is 2.28. The predicted octanol–water partition coefficient (Wildman–Crippen LogP) is 2.82. The van der Waals surface area contributed by atoms with Gasteiger partial charge in [0, 0.05) is 18.0 Å². The maximum atomic E-state index is 11.8. The number of nitrogens with one attached hydrogen (secondary N) is 2. The molecule has 116 valence electrons. The molecule has 3 N–H and O–H groups in total. The van der Waals surface area contributed by atoms with Gasteiger partial charge in [-0.2, -0.15) is 0 Å². The predicted molar refractivity (Wildman–Crippen MR) is 86.6 cm³/mol. The van der Waals surface area contributed by atoms with Gasteiger partial charge in [-0.25, -0.2) is 4.79 Å². The average molecular weight is 308 g/mol. The van der Waals surface area contributed by atoms with Crippen LogP contribution in [0.5, 0.6) is 0 Å². The van der Waals surface area contributed by atoms with E-state index in [1.54, 1.807) is 11.8 Å². The highest BCUT2D eigenvalue weighted by Gasteiger charge is 2.31. The summed E-state index contributed by atoms with van der Waals surface area (Å²) in [6.07, 6.45) is 5.68. The van der Waals surface area contributed by atoms with Gasteiger partial charge in [-0.1, -0.05) is 25.0 Å². The van der Waals surface area contributed by atoms with Crippen molar-refractivity contribution in [3.8, 4) is 0 Å². The number of aryl methyl sites for hydroxylation is 1. The van der Waals surface area contributed by atoms with Crippen LogP contribution in [0.4, 0.5) is 4.79 Å². The summed E-state index contributed by atoms with van der Waals surface area (Å²) >= 11 is 1.68. The van der Waals surface area contributed by atoms with E-state index in [9.17, 15) is 9.90 Å². The first kappa shape index (κ1) is 16.2. The molecule has 21 heavy (non-hydrogen) atoms. The van der Waals surface area contributed by atoms with Crippen LogP contribution >= 0.6 is 11.8 Å². The molecule has 0 aliphatic heterocycles. The third-order valence-electron chi connectivity index (χ3n) is 3.99. The van der Waals surface area contributed by atoms with Gasteiger partial charge in [0.25, 0.3) is 0 Å². The summed E-state index contributed by atoms with van der Waals surface area (Å²) < 4.78 is 0. The number of hydrogen-bond donors (Lipinski definition) is 3. The lowest BCUT2D eigenvalue weighted by Gasteiger charge is -2.22. The average Bonchev–Trinajstić information content (AvgIpc) is 2.91. The molecule has 1 fully saturated rings. The van der Waals surface area contributed by atoms with E-state index in [1.165, 1.54) is 10.5 Å². The van der Waals surface area contributed by atoms with Crippen LogP contribution in [0.1, 0.15) is 36.8 Å². The summed E-state index contributed by atoms with van der Waals surface area (Å²) in [5.74, 6) is 0. The maximum Gasteiger partial charge on any atom is 0.315 e.